The largest absolute Gasteiger partial charge is 0.493 e. The minimum atomic E-state index is -0.265. The lowest BCUT2D eigenvalue weighted by Crippen LogP contribution is -2.20. The van der Waals surface area contributed by atoms with Gasteiger partial charge in [0.15, 0.2) is 18.1 Å². The molecule has 0 atom stereocenters. The minimum absolute atomic E-state index is 0.151. The maximum Gasteiger partial charge on any atom is 0.262 e. The molecule has 0 saturated heterocycles. The van der Waals surface area contributed by atoms with E-state index in [0.29, 0.717) is 38.2 Å². The highest BCUT2D eigenvalue weighted by Crippen LogP contribution is 2.37. The van der Waals surface area contributed by atoms with Gasteiger partial charge in [0.05, 0.1) is 22.3 Å². The number of para-hydroxylation sites is 1. The Kier molecular flexibility index (Phi) is 7.85. The fourth-order valence-electron chi connectivity index (χ4n) is 2.70. The quantitative estimate of drug-likeness (QED) is 0.369. The van der Waals surface area contributed by atoms with Crippen LogP contribution in [0.4, 0.5) is 11.4 Å². The van der Waals surface area contributed by atoms with Crippen LogP contribution in [0, 0.1) is 0 Å². The fourth-order valence-corrected chi connectivity index (χ4v) is 3.78. The molecule has 0 aliphatic carbocycles. The van der Waals surface area contributed by atoms with E-state index in [9.17, 15) is 4.79 Å². The van der Waals surface area contributed by atoms with Crippen LogP contribution in [0.5, 0.6) is 11.5 Å². The smallest absolute Gasteiger partial charge is 0.262 e. The van der Waals surface area contributed by atoms with Gasteiger partial charge in [-0.05, 0) is 64.0 Å². The van der Waals surface area contributed by atoms with Crippen LogP contribution in [0.2, 0.25) is 10.0 Å². The van der Waals surface area contributed by atoms with E-state index in [0.717, 1.165) is 11.3 Å². The van der Waals surface area contributed by atoms with E-state index in [2.05, 4.69) is 26.6 Å². The Balaban J connectivity index is 1.65. The summed E-state index contributed by atoms with van der Waals surface area (Å²) in [4.78, 5) is 12.2. The summed E-state index contributed by atoms with van der Waals surface area (Å²) in [5.74, 6) is 0.697. The molecule has 0 saturated carbocycles. The molecular formula is C22H19BrCl2N2O3. The molecule has 3 rings (SSSR count). The van der Waals surface area contributed by atoms with Crippen LogP contribution in [0.15, 0.2) is 65.1 Å². The monoisotopic (exact) mass is 508 g/mol. The molecule has 8 heteroatoms. The molecule has 0 spiro atoms. The second-order valence-electron chi connectivity index (χ2n) is 6.29. The molecule has 0 aromatic heterocycles. The van der Waals surface area contributed by atoms with E-state index < -0.39 is 0 Å². The molecule has 0 bridgehead atoms. The molecular weight excluding hydrogens is 491 g/mol. The van der Waals surface area contributed by atoms with Gasteiger partial charge in [-0.2, -0.15) is 0 Å². The molecule has 5 nitrogen and oxygen atoms in total. The van der Waals surface area contributed by atoms with Crippen LogP contribution in [0.25, 0.3) is 0 Å². The van der Waals surface area contributed by atoms with Gasteiger partial charge in [0.2, 0.25) is 0 Å². The predicted molar refractivity (Wildman–Crippen MR) is 125 cm³/mol. The average molecular weight is 510 g/mol. The lowest BCUT2D eigenvalue weighted by Gasteiger charge is -2.15. The number of methoxy groups -OCH3 is 1. The van der Waals surface area contributed by atoms with Gasteiger partial charge in [-0.3, -0.25) is 4.79 Å². The van der Waals surface area contributed by atoms with Crippen molar-refractivity contribution in [2.24, 2.45) is 0 Å². The minimum Gasteiger partial charge on any atom is -0.493 e. The second-order valence-corrected chi connectivity index (χ2v) is 7.99. The Morgan fingerprint density at radius 3 is 2.53 bits per heavy atom. The summed E-state index contributed by atoms with van der Waals surface area (Å²) in [5, 5.41) is 7.15. The molecule has 3 aromatic rings. The molecule has 0 radical (unpaired) electrons. The number of rotatable bonds is 8. The van der Waals surface area contributed by atoms with Crippen molar-refractivity contribution in [3.63, 3.8) is 0 Å². The first kappa shape index (κ1) is 22.3. The lowest BCUT2D eigenvalue weighted by atomic mass is 10.2. The third-order valence-corrected chi connectivity index (χ3v) is 5.25. The van der Waals surface area contributed by atoms with E-state index in [4.69, 9.17) is 32.7 Å². The number of carbonyl (C=O) groups is 1. The van der Waals surface area contributed by atoms with Gasteiger partial charge in [0.25, 0.3) is 5.91 Å². The number of halogens is 3. The van der Waals surface area contributed by atoms with Gasteiger partial charge in [-0.25, -0.2) is 0 Å². The first-order valence-corrected chi connectivity index (χ1v) is 10.5. The highest BCUT2D eigenvalue weighted by Gasteiger charge is 2.14. The maximum atomic E-state index is 12.2. The van der Waals surface area contributed by atoms with Crippen molar-refractivity contribution >= 4 is 56.4 Å². The van der Waals surface area contributed by atoms with Gasteiger partial charge in [0.1, 0.15) is 0 Å². The third-order valence-electron chi connectivity index (χ3n) is 4.11. The number of hydrogen-bond acceptors (Lipinski definition) is 4. The van der Waals surface area contributed by atoms with Gasteiger partial charge in [-0.1, -0.05) is 41.4 Å². The van der Waals surface area contributed by atoms with E-state index in [1.165, 1.54) is 0 Å². The molecule has 0 fully saturated rings. The molecule has 2 N–H and O–H groups in total. The summed E-state index contributed by atoms with van der Waals surface area (Å²) < 4.78 is 11.8. The number of hydrogen-bond donors (Lipinski definition) is 2. The molecule has 156 valence electrons. The second kappa shape index (κ2) is 10.6. The summed E-state index contributed by atoms with van der Waals surface area (Å²) in [6.07, 6.45) is 0. The van der Waals surface area contributed by atoms with Crippen LogP contribution < -0.4 is 20.1 Å². The average Bonchev–Trinajstić information content (AvgIpc) is 2.72. The summed E-state index contributed by atoms with van der Waals surface area (Å²) >= 11 is 15.6. The topological polar surface area (TPSA) is 59.6 Å². The van der Waals surface area contributed by atoms with Crippen LogP contribution in [-0.4, -0.2) is 19.6 Å². The highest BCUT2D eigenvalue weighted by molar-refractivity contribution is 9.10. The Hall–Kier alpha value is -2.41. The van der Waals surface area contributed by atoms with Crippen molar-refractivity contribution in [2.75, 3.05) is 24.4 Å². The zero-order valence-corrected chi connectivity index (χ0v) is 19.1. The van der Waals surface area contributed by atoms with Crippen LogP contribution in [-0.2, 0) is 11.3 Å². The SMILES string of the molecule is COc1cc(CNc2ccc(Cl)cc2Cl)cc(Br)c1OCC(=O)Nc1ccccc1. The van der Waals surface area contributed by atoms with Crippen molar-refractivity contribution in [3.05, 3.63) is 80.7 Å². The molecule has 3 aromatic carbocycles. The number of amides is 1. The molecule has 0 heterocycles. The van der Waals surface area contributed by atoms with E-state index >= 15 is 0 Å². The van der Waals surface area contributed by atoms with Crippen LogP contribution >= 0.6 is 39.1 Å². The summed E-state index contributed by atoms with van der Waals surface area (Å²) in [6.45, 7) is 0.354. The number of nitrogens with one attached hydrogen (secondary N) is 2. The molecule has 0 aliphatic rings. The number of carbonyl (C=O) groups excluding carboxylic acids is 1. The molecule has 1 amide bonds. The fraction of sp³-hybridized carbons (Fsp3) is 0.136. The van der Waals surface area contributed by atoms with E-state index in [-0.39, 0.29) is 12.5 Å². The Labute approximate surface area is 193 Å². The van der Waals surface area contributed by atoms with Gasteiger partial charge >= 0.3 is 0 Å². The van der Waals surface area contributed by atoms with Gasteiger partial charge in [-0.15, -0.1) is 0 Å². The van der Waals surface area contributed by atoms with Crippen molar-refractivity contribution in [1.82, 2.24) is 0 Å². The van der Waals surface area contributed by atoms with Gasteiger partial charge in [0, 0.05) is 17.3 Å². The van der Waals surface area contributed by atoms with Gasteiger partial charge < -0.3 is 20.1 Å². The van der Waals surface area contributed by atoms with Crippen molar-refractivity contribution in [1.29, 1.82) is 0 Å². The van der Waals surface area contributed by atoms with Crippen LogP contribution in [0.3, 0.4) is 0 Å². The molecule has 0 aliphatic heterocycles. The number of ether oxygens (including phenoxy) is 2. The standard InChI is InChI=1S/C22H19BrCl2N2O3/c1-29-20-10-14(12-26-19-8-7-15(24)11-18(19)25)9-17(23)22(20)30-13-21(28)27-16-5-3-2-4-6-16/h2-11,26H,12-13H2,1H3,(H,27,28). The first-order chi connectivity index (χ1) is 14.5. The van der Waals surface area contributed by atoms with E-state index in [1.807, 2.05) is 48.5 Å². The number of anilines is 2. The predicted octanol–water partition coefficient (Wildman–Crippen LogP) is 6.39. The van der Waals surface area contributed by atoms with Crippen molar-refractivity contribution in [3.8, 4) is 11.5 Å². The highest BCUT2D eigenvalue weighted by atomic mass is 79.9. The van der Waals surface area contributed by atoms with Crippen molar-refractivity contribution in [2.45, 2.75) is 6.54 Å². The lowest BCUT2D eigenvalue weighted by molar-refractivity contribution is -0.118. The molecule has 30 heavy (non-hydrogen) atoms. The molecule has 0 unspecified atom stereocenters. The first-order valence-electron chi connectivity index (χ1n) is 8.99. The zero-order valence-electron chi connectivity index (χ0n) is 16.0. The summed E-state index contributed by atoms with van der Waals surface area (Å²) in [6, 6.07) is 18.2. The normalized spacial score (nSPS) is 10.4. The zero-order chi connectivity index (χ0) is 21.5. The Bertz CT molecular complexity index is 1030. The van der Waals surface area contributed by atoms with Crippen LogP contribution in [0.1, 0.15) is 5.56 Å². The Morgan fingerprint density at radius 1 is 1.07 bits per heavy atom. The van der Waals surface area contributed by atoms with E-state index in [1.54, 1.807) is 19.2 Å². The third kappa shape index (κ3) is 6.05. The summed E-state index contributed by atoms with van der Waals surface area (Å²) in [7, 11) is 1.55. The van der Waals surface area contributed by atoms with Crippen molar-refractivity contribution < 1.29 is 14.3 Å². The Morgan fingerprint density at radius 2 is 1.83 bits per heavy atom. The summed E-state index contributed by atoms with van der Waals surface area (Å²) in [5.41, 5.74) is 2.42. The maximum absolute atomic E-state index is 12.2. The number of benzene rings is 3.